The molecule has 2 aromatic carbocycles. The van der Waals surface area contributed by atoms with Gasteiger partial charge < -0.3 is 5.11 Å². The number of carboxylic acid groups (broad SMARTS) is 1. The largest absolute Gasteiger partial charge is 0.478 e. The van der Waals surface area contributed by atoms with Crippen molar-refractivity contribution in [3.63, 3.8) is 0 Å². The van der Waals surface area contributed by atoms with Gasteiger partial charge in [-0.3, -0.25) is 0 Å². The number of rotatable bonds is 2. The van der Waals surface area contributed by atoms with E-state index < -0.39 is 17.6 Å². The Balaban J connectivity index is 2.13. The third kappa shape index (κ3) is 2.44. The number of aromatic carboxylic acids is 1. The fourth-order valence-corrected chi connectivity index (χ4v) is 2.60. The monoisotopic (exact) mass is 286 g/mol. The zero-order valence-electron chi connectivity index (χ0n) is 11.1. The number of hydrogen-bond donors (Lipinski definition) is 1. The van der Waals surface area contributed by atoms with Gasteiger partial charge in [0.15, 0.2) is 11.6 Å². The lowest BCUT2D eigenvalue weighted by atomic mass is 9.86. The molecule has 0 radical (unpaired) electrons. The van der Waals surface area contributed by atoms with Gasteiger partial charge in [-0.25, -0.2) is 13.6 Å². The first kappa shape index (κ1) is 13.5. The molecule has 1 aliphatic rings. The summed E-state index contributed by atoms with van der Waals surface area (Å²) in [5, 5.41) is 9.09. The number of fused-ring (bicyclic) bond motifs is 1. The lowest BCUT2D eigenvalue weighted by molar-refractivity contribution is 0.0697. The van der Waals surface area contributed by atoms with E-state index in [0.717, 1.165) is 41.7 Å². The first-order valence-electron chi connectivity index (χ1n) is 6.58. The van der Waals surface area contributed by atoms with Gasteiger partial charge >= 0.3 is 5.97 Å². The van der Waals surface area contributed by atoms with E-state index in [2.05, 4.69) is 0 Å². The highest BCUT2D eigenvalue weighted by Crippen LogP contribution is 2.33. The molecule has 0 heterocycles. The van der Waals surface area contributed by atoms with Gasteiger partial charge in [0.2, 0.25) is 0 Å². The van der Waals surface area contributed by atoms with Gasteiger partial charge in [0.05, 0.1) is 5.56 Å². The second-order valence-corrected chi connectivity index (χ2v) is 4.96. The molecule has 0 saturated heterocycles. The van der Waals surface area contributed by atoms with E-state index in [1.807, 2.05) is 6.08 Å². The van der Waals surface area contributed by atoms with Crippen LogP contribution in [0, 0.1) is 11.6 Å². The highest BCUT2D eigenvalue weighted by atomic mass is 19.2. The molecule has 106 valence electrons. The van der Waals surface area contributed by atoms with Crippen LogP contribution >= 0.6 is 0 Å². The molecule has 0 atom stereocenters. The van der Waals surface area contributed by atoms with Crippen LogP contribution in [-0.4, -0.2) is 11.1 Å². The van der Waals surface area contributed by atoms with Crippen LogP contribution in [-0.2, 0) is 6.42 Å². The highest BCUT2D eigenvalue weighted by molar-refractivity contribution is 5.91. The summed E-state index contributed by atoms with van der Waals surface area (Å²) < 4.78 is 26.5. The zero-order chi connectivity index (χ0) is 15.0. The second-order valence-electron chi connectivity index (χ2n) is 4.96. The second kappa shape index (κ2) is 5.13. The number of carboxylic acids is 1. The van der Waals surface area contributed by atoms with E-state index in [9.17, 15) is 13.6 Å². The predicted octanol–water partition coefficient (Wildman–Crippen LogP) is 4.04. The van der Waals surface area contributed by atoms with Crippen LogP contribution in [0.1, 0.15) is 33.5 Å². The molecule has 4 heteroatoms. The molecular weight excluding hydrogens is 274 g/mol. The van der Waals surface area contributed by atoms with Crippen LogP contribution < -0.4 is 0 Å². The standard InChI is InChI=1S/C17H12F2O2/c18-15-7-6-11(9-16(15)19)13-3-1-2-10-4-5-12(17(20)21)8-14(10)13/h3-9H,1-2H2,(H,20,21). The molecular formula is C17H12F2O2. The summed E-state index contributed by atoms with van der Waals surface area (Å²) in [5.41, 5.74) is 3.27. The molecule has 0 unspecified atom stereocenters. The van der Waals surface area contributed by atoms with Crippen molar-refractivity contribution >= 4 is 11.5 Å². The molecule has 1 N–H and O–H groups in total. The van der Waals surface area contributed by atoms with E-state index in [1.54, 1.807) is 18.2 Å². The first-order valence-corrected chi connectivity index (χ1v) is 6.58. The molecule has 2 nitrogen and oxygen atoms in total. The Labute approximate surface area is 120 Å². The smallest absolute Gasteiger partial charge is 0.335 e. The van der Waals surface area contributed by atoms with E-state index in [0.29, 0.717) is 5.56 Å². The molecule has 0 saturated carbocycles. The van der Waals surface area contributed by atoms with Crippen LogP contribution in [0.25, 0.3) is 5.57 Å². The molecule has 0 aromatic heterocycles. The number of allylic oxidation sites excluding steroid dienone is 1. The van der Waals surface area contributed by atoms with Gasteiger partial charge in [0.25, 0.3) is 0 Å². The average Bonchev–Trinajstić information content (AvgIpc) is 2.49. The maximum atomic E-state index is 13.4. The molecule has 0 aliphatic heterocycles. The van der Waals surface area contributed by atoms with Crippen molar-refractivity contribution in [3.05, 3.63) is 76.4 Å². The van der Waals surface area contributed by atoms with Crippen LogP contribution in [0.5, 0.6) is 0 Å². The number of hydrogen-bond acceptors (Lipinski definition) is 1. The third-order valence-electron chi connectivity index (χ3n) is 3.64. The van der Waals surface area contributed by atoms with Crippen molar-refractivity contribution in [2.75, 3.05) is 0 Å². The molecule has 2 aromatic rings. The summed E-state index contributed by atoms with van der Waals surface area (Å²) in [4.78, 5) is 11.1. The van der Waals surface area contributed by atoms with Gasteiger partial charge in [-0.05, 0) is 59.4 Å². The summed E-state index contributed by atoms with van der Waals surface area (Å²) in [6.45, 7) is 0. The normalized spacial score (nSPS) is 13.5. The SMILES string of the molecule is O=C(O)c1ccc2c(c1)C(c1ccc(F)c(F)c1)=CCC2. The highest BCUT2D eigenvalue weighted by Gasteiger charge is 2.17. The van der Waals surface area contributed by atoms with Gasteiger partial charge in [0, 0.05) is 0 Å². The van der Waals surface area contributed by atoms with Crippen molar-refractivity contribution in [2.24, 2.45) is 0 Å². The Hall–Kier alpha value is -2.49. The maximum Gasteiger partial charge on any atom is 0.335 e. The Kier molecular flexibility index (Phi) is 3.29. The van der Waals surface area contributed by atoms with Gasteiger partial charge in [0.1, 0.15) is 0 Å². The first-order chi connectivity index (χ1) is 10.1. The lowest BCUT2D eigenvalue weighted by Gasteiger charge is -2.19. The van der Waals surface area contributed by atoms with Gasteiger partial charge in [-0.1, -0.05) is 18.2 Å². The van der Waals surface area contributed by atoms with Gasteiger partial charge in [-0.15, -0.1) is 0 Å². The fraction of sp³-hybridized carbons (Fsp3) is 0.118. The number of halogens is 2. The quantitative estimate of drug-likeness (QED) is 0.904. The van der Waals surface area contributed by atoms with E-state index in [4.69, 9.17) is 5.11 Å². The van der Waals surface area contributed by atoms with Crippen LogP contribution in [0.4, 0.5) is 8.78 Å². The molecule has 21 heavy (non-hydrogen) atoms. The number of aryl methyl sites for hydroxylation is 1. The molecule has 1 aliphatic carbocycles. The Bertz CT molecular complexity index is 763. The molecule has 3 rings (SSSR count). The summed E-state index contributed by atoms with van der Waals surface area (Å²) in [6.07, 6.45) is 3.52. The van der Waals surface area contributed by atoms with Crippen molar-refractivity contribution in [1.82, 2.24) is 0 Å². The molecule has 0 amide bonds. The van der Waals surface area contributed by atoms with Crippen molar-refractivity contribution < 1.29 is 18.7 Å². The van der Waals surface area contributed by atoms with E-state index in [-0.39, 0.29) is 5.56 Å². The summed E-state index contributed by atoms with van der Waals surface area (Å²) in [6, 6.07) is 8.67. The summed E-state index contributed by atoms with van der Waals surface area (Å²) >= 11 is 0. The fourth-order valence-electron chi connectivity index (χ4n) is 2.60. The van der Waals surface area contributed by atoms with Crippen LogP contribution in [0.15, 0.2) is 42.5 Å². The van der Waals surface area contributed by atoms with Crippen molar-refractivity contribution in [3.8, 4) is 0 Å². The Morgan fingerprint density at radius 2 is 1.86 bits per heavy atom. The van der Waals surface area contributed by atoms with Crippen molar-refractivity contribution in [1.29, 1.82) is 0 Å². The van der Waals surface area contributed by atoms with E-state index >= 15 is 0 Å². The minimum atomic E-state index is -1.01. The molecule has 0 fully saturated rings. The third-order valence-corrected chi connectivity index (χ3v) is 3.64. The topological polar surface area (TPSA) is 37.3 Å². The van der Waals surface area contributed by atoms with Crippen LogP contribution in [0.2, 0.25) is 0 Å². The number of benzene rings is 2. The summed E-state index contributed by atoms with van der Waals surface area (Å²) in [7, 11) is 0. The van der Waals surface area contributed by atoms with E-state index in [1.165, 1.54) is 6.07 Å². The Morgan fingerprint density at radius 1 is 1.05 bits per heavy atom. The van der Waals surface area contributed by atoms with Crippen molar-refractivity contribution in [2.45, 2.75) is 12.8 Å². The minimum Gasteiger partial charge on any atom is -0.478 e. The Morgan fingerprint density at radius 3 is 2.57 bits per heavy atom. The van der Waals surface area contributed by atoms with Gasteiger partial charge in [-0.2, -0.15) is 0 Å². The lowest BCUT2D eigenvalue weighted by Crippen LogP contribution is -2.05. The maximum absolute atomic E-state index is 13.4. The average molecular weight is 286 g/mol. The summed E-state index contributed by atoms with van der Waals surface area (Å²) in [5.74, 6) is -2.81. The number of carbonyl (C=O) groups is 1. The zero-order valence-corrected chi connectivity index (χ0v) is 11.1. The van der Waals surface area contributed by atoms with Crippen LogP contribution in [0.3, 0.4) is 0 Å². The predicted molar refractivity (Wildman–Crippen MR) is 75.2 cm³/mol. The molecule has 0 bridgehead atoms. The molecule has 0 spiro atoms. The minimum absolute atomic E-state index is 0.184.